The molecule has 0 bridgehead atoms. The first-order valence-electron chi connectivity index (χ1n) is 27.6. The van der Waals surface area contributed by atoms with Crippen LogP contribution in [-0.2, 0) is 0 Å². The van der Waals surface area contributed by atoms with Gasteiger partial charge in [0, 0.05) is 24.8 Å². The predicted octanol–water partition coefficient (Wildman–Crippen LogP) is 19.3. The van der Waals surface area contributed by atoms with Crippen LogP contribution in [0.15, 0.2) is 292 Å². The Morgan fingerprint density at radius 1 is 0.171 bits per heavy atom. The maximum atomic E-state index is 5.09. The molecule has 6 heterocycles. The molecule has 82 heavy (non-hydrogen) atoms. The number of benzene rings is 9. The zero-order chi connectivity index (χ0) is 54.3. The molecule has 6 aromatic heterocycles. The minimum atomic E-state index is 0.794. The summed E-state index contributed by atoms with van der Waals surface area (Å²) in [4.78, 5) is 29.0. The van der Waals surface area contributed by atoms with Gasteiger partial charge in [0.25, 0.3) is 0 Å². The molecule has 0 atom stereocenters. The number of aromatic nitrogens is 6. The molecule has 15 aromatic rings. The minimum Gasteiger partial charge on any atom is -0.255 e. The van der Waals surface area contributed by atoms with Crippen LogP contribution in [0.2, 0.25) is 0 Å². The standard InChI is InChI=1S/C76H48N6/c1-3-19-49(20-4-1)75-63-33-31-52(56-36-38-58(62-26-10-8-24-60(56)62)54-47-73(69-29-13-17-41-79-69)82-74(48-54)70-30-14-18-42-80-70)44-66(63)76(50-21-5-2-6-22-50)64-34-32-51(43-65(64)75)55-35-37-57(61-25-9-7-23-59(55)61)53-45-71(67-27-11-15-39-77-67)81-72(46-53)68-28-12-16-40-78-68/h1-48H. The molecule has 0 unspecified atom stereocenters. The van der Waals surface area contributed by atoms with Crippen molar-refractivity contribution in [2.45, 2.75) is 0 Å². The maximum Gasteiger partial charge on any atom is 0.0900 e. The summed E-state index contributed by atoms with van der Waals surface area (Å²) in [6.45, 7) is 0. The van der Waals surface area contributed by atoms with Gasteiger partial charge in [-0.25, -0.2) is 9.97 Å². The van der Waals surface area contributed by atoms with E-state index in [0.29, 0.717) is 0 Å². The smallest absolute Gasteiger partial charge is 0.0900 e. The van der Waals surface area contributed by atoms with Crippen LogP contribution in [0.3, 0.4) is 0 Å². The Balaban J connectivity index is 0.909. The van der Waals surface area contributed by atoms with E-state index in [1.165, 1.54) is 32.7 Å². The largest absolute Gasteiger partial charge is 0.255 e. The average Bonchev–Trinajstić information content (AvgIpc) is 3.75. The van der Waals surface area contributed by atoms with Crippen molar-refractivity contribution in [3.8, 4) is 112 Å². The molecule has 0 radical (unpaired) electrons. The summed E-state index contributed by atoms with van der Waals surface area (Å²) in [6.07, 6.45) is 7.26. The van der Waals surface area contributed by atoms with Gasteiger partial charge in [-0.05, 0) is 195 Å². The normalized spacial score (nSPS) is 11.4. The number of nitrogens with zero attached hydrogens (tertiary/aromatic N) is 6. The Bertz CT molecular complexity index is 4450. The van der Waals surface area contributed by atoms with Crippen LogP contribution in [0.4, 0.5) is 0 Å². The second-order valence-corrected chi connectivity index (χ2v) is 20.5. The third-order valence-electron chi connectivity index (χ3n) is 15.7. The van der Waals surface area contributed by atoms with Crippen molar-refractivity contribution in [3.63, 3.8) is 0 Å². The molecule has 15 rings (SSSR count). The van der Waals surface area contributed by atoms with Crippen molar-refractivity contribution in [2.75, 3.05) is 0 Å². The van der Waals surface area contributed by atoms with E-state index < -0.39 is 0 Å². The van der Waals surface area contributed by atoms with Crippen LogP contribution < -0.4 is 0 Å². The second kappa shape index (κ2) is 20.6. The van der Waals surface area contributed by atoms with E-state index in [1.54, 1.807) is 0 Å². The van der Waals surface area contributed by atoms with Crippen LogP contribution in [-0.4, -0.2) is 29.9 Å². The highest BCUT2D eigenvalue weighted by Crippen LogP contribution is 2.48. The molecule has 382 valence electrons. The lowest BCUT2D eigenvalue weighted by atomic mass is 9.83. The van der Waals surface area contributed by atoms with Crippen LogP contribution in [0.25, 0.3) is 155 Å². The Morgan fingerprint density at radius 2 is 0.463 bits per heavy atom. The maximum absolute atomic E-state index is 5.09. The molecular formula is C76H48N6. The van der Waals surface area contributed by atoms with Gasteiger partial charge in [-0.15, -0.1) is 0 Å². The van der Waals surface area contributed by atoms with Crippen molar-refractivity contribution in [3.05, 3.63) is 292 Å². The van der Waals surface area contributed by atoms with Crippen molar-refractivity contribution in [1.82, 2.24) is 29.9 Å². The quantitative estimate of drug-likeness (QED) is 0.127. The SMILES string of the molecule is c1ccc(-c2c3ccc(-c4ccc(-c5cc(-c6ccccn6)nc(-c6ccccn6)c5)c5ccccc45)cc3c(-c3ccccc3)c3ccc(-c4ccc(-c5cc(-c6ccccn6)nc(-c6ccccn6)c5)c5ccccc45)cc23)cc1. The van der Waals surface area contributed by atoms with Gasteiger partial charge in [0.2, 0.25) is 0 Å². The fraction of sp³-hybridized carbons (Fsp3) is 0. The Labute approximate surface area is 474 Å². The first-order valence-corrected chi connectivity index (χ1v) is 27.6. The molecule has 6 heteroatoms. The van der Waals surface area contributed by atoms with E-state index >= 15 is 0 Å². The summed E-state index contributed by atoms with van der Waals surface area (Å²) in [5.41, 5.74) is 20.0. The minimum absolute atomic E-state index is 0.794. The molecule has 0 saturated carbocycles. The summed E-state index contributed by atoms with van der Waals surface area (Å²) in [5.74, 6) is 0. The fourth-order valence-electron chi connectivity index (χ4n) is 12.0. The predicted molar refractivity (Wildman–Crippen MR) is 338 cm³/mol. The zero-order valence-electron chi connectivity index (χ0n) is 44.4. The van der Waals surface area contributed by atoms with E-state index in [2.05, 4.69) is 194 Å². The molecule has 9 aromatic carbocycles. The molecule has 0 aliphatic carbocycles. The van der Waals surface area contributed by atoms with Gasteiger partial charge >= 0.3 is 0 Å². The van der Waals surface area contributed by atoms with Crippen LogP contribution in [0, 0.1) is 0 Å². The Morgan fingerprint density at radius 3 is 0.768 bits per heavy atom. The molecule has 6 nitrogen and oxygen atoms in total. The highest BCUT2D eigenvalue weighted by Gasteiger charge is 2.22. The molecule has 0 amide bonds. The summed E-state index contributed by atoms with van der Waals surface area (Å²) in [6, 6.07) is 95.0. The topological polar surface area (TPSA) is 77.3 Å². The third-order valence-corrected chi connectivity index (χ3v) is 15.7. The lowest BCUT2D eigenvalue weighted by Crippen LogP contribution is -1.95. The number of rotatable bonds is 10. The monoisotopic (exact) mass is 1040 g/mol. The highest BCUT2D eigenvalue weighted by atomic mass is 14.8. The van der Waals surface area contributed by atoms with Gasteiger partial charge in [0.05, 0.1) is 45.6 Å². The van der Waals surface area contributed by atoms with Gasteiger partial charge in [-0.2, -0.15) is 0 Å². The molecule has 0 fully saturated rings. The van der Waals surface area contributed by atoms with Crippen molar-refractivity contribution < 1.29 is 0 Å². The first-order chi connectivity index (χ1) is 40.7. The molecule has 0 spiro atoms. The molecule has 0 N–H and O–H groups in total. The Kier molecular flexibility index (Phi) is 12.1. The lowest BCUT2D eigenvalue weighted by Gasteiger charge is -2.20. The number of hydrogen-bond acceptors (Lipinski definition) is 6. The lowest BCUT2D eigenvalue weighted by molar-refractivity contribution is 1.22. The van der Waals surface area contributed by atoms with E-state index in [9.17, 15) is 0 Å². The van der Waals surface area contributed by atoms with Gasteiger partial charge in [0.15, 0.2) is 0 Å². The third kappa shape index (κ3) is 8.72. The number of pyridine rings is 6. The van der Waals surface area contributed by atoms with E-state index in [1.807, 2.05) is 97.6 Å². The van der Waals surface area contributed by atoms with Crippen LogP contribution in [0.5, 0.6) is 0 Å². The average molecular weight is 1050 g/mol. The summed E-state index contributed by atoms with van der Waals surface area (Å²) in [5, 5.41) is 9.36. The fourth-order valence-corrected chi connectivity index (χ4v) is 12.0. The van der Waals surface area contributed by atoms with Gasteiger partial charge < -0.3 is 0 Å². The number of hydrogen-bond donors (Lipinski definition) is 0. The van der Waals surface area contributed by atoms with E-state index in [4.69, 9.17) is 29.9 Å². The van der Waals surface area contributed by atoms with Crippen LogP contribution in [0.1, 0.15) is 0 Å². The van der Waals surface area contributed by atoms with Gasteiger partial charge in [0.1, 0.15) is 0 Å². The van der Waals surface area contributed by atoms with Crippen molar-refractivity contribution in [1.29, 1.82) is 0 Å². The van der Waals surface area contributed by atoms with E-state index in [-0.39, 0.29) is 0 Å². The molecule has 0 aliphatic rings. The van der Waals surface area contributed by atoms with E-state index in [0.717, 1.165) is 123 Å². The Hall–Kier alpha value is -11.1. The van der Waals surface area contributed by atoms with Crippen LogP contribution >= 0.6 is 0 Å². The van der Waals surface area contributed by atoms with Crippen molar-refractivity contribution in [2.24, 2.45) is 0 Å². The van der Waals surface area contributed by atoms with Gasteiger partial charge in [-0.3, -0.25) is 19.9 Å². The zero-order valence-corrected chi connectivity index (χ0v) is 44.4. The molecule has 0 saturated heterocycles. The van der Waals surface area contributed by atoms with Gasteiger partial charge in [-0.1, -0.05) is 182 Å². The summed E-state index contributed by atoms with van der Waals surface area (Å²) >= 11 is 0. The first kappa shape index (κ1) is 48.1. The second-order valence-electron chi connectivity index (χ2n) is 20.5. The number of fused-ring (bicyclic) bond motifs is 4. The molecular weight excluding hydrogens is 997 g/mol. The van der Waals surface area contributed by atoms with Crippen molar-refractivity contribution >= 4 is 43.1 Å². The summed E-state index contributed by atoms with van der Waals surface area (Å²) in [7, 11) is 0. The summed E-state index contributed by atoms with van der Waals surface area (Å²) < 4.78 is 0. The highest BCUT2D eigenvalue weighted by molar-refractivity contribution is 6.23. The molecule has 0 aliphatic heterocycles.